The van der Waals surface area contributed by atoms with E-state index >= 15 is 0 Å². The summed E-state index contributed by atoms with van der Waals surface area (Å²) in [6.07, 6.45) is 0. The van der Waals surface area contributed by atoms with Crippen LogP contribution in [-0.4, -0.2) is 27.6 Å². The SMILES string of the molecule is NC(=S)[N+](=O)[O-].O=S([O-])S(=O)[O-].[Na+].[Na+]. The van der Waals surface area contributed by atoms with E-state index in [2.05, 4.69) is 18.0 Å². The van der Waals surface area contributed by atoms with E-state index < -0.39 is 30.3 Å². The van der Waals surface area contributed by atoms with Crippen LogP contribution in [0.2, 0.25) is 0 Å². The van der Waals surface area contributed by atoms with Crippen molar-refractivity contribution in [1.29, 1.82) is 0 Å². The standard InChI is InChI=1S/CH2N2O2S.2Na.H2O4S2/c2-1(6)3(4)5;;;1-5(2)6(3)4/h(H2,2,6);;;(H,1,2)(H,3,4)/q;2*+1;/p-2. The molecule has 0 aliphatic rings. The molecule has 0 aromatic rings. The molecule has 0 saturated heterocycles. The largest absolute Gasteiger partial charge is 1.00 e. The summed E-state index contributed by atoms with van der Waals surface area (Å²) >= 11 is 3.90. The fourth-order valence-electron chi connectivity index (χ4n) is 0. The molecule has 0 bridgehead atoms. The van der Waals surface area contributed by atoms with E-state index in [1.165, 1.54) is 0 Å². The smallest absolute Gasteiger partial charge is 0.763 e. The Bertz CT molecular complexity index is 185. The second-order valence-corrected chi connectivity index (χ2v) is 3.87. The number of thiocarbonyl (C=S) groups is 1. The van der Waals surface area contributed by atoms with E-state index in [4.69, 9.17) is 17.5 Å². The van der Waals surface area contributed by atoms with Crippen molar-refractivity contribution in [2.45, 2.75) is 0 Å². The average molecular weight is 280 g/mol. The normalized spacial score (nSPS) is 11.6. The first-order valence-electron chi connectivity index (χ1n) is 1.91. The Kier molecular flexibility index (Phi) is 25.5. The summed E-state index contributed by atoms with van der Waals surface area (Å²) < 4.78 is 36.3. The van der Waals surface area contributed by atoms with Crippen LogP contribution in [0.1, 0.15) is 0 Å². The third-order valence-corrected chi connectivity index (χ3v) is 1.33. The van der Waals surface area contributed by atoms with Crippen LogP contribution in [0.3, 0.4) is 0 Å². The predicted octanol–water partition coefficient (Wildman–Crippen LogP) is -7.83. The molecular weight excluding hydrogens is 278 g/mol. The number of nitro groups is 1. The average Bonchev–Trinajstić information content (AvgIpc) is 1.88. The summed E-state index contributed by atoms with van der Waals surface area (Å²) in [7, 11) is -5.90. The van der Waals surface area contributed by atoms with Gasteiger partial charge in [-0.1, -0.05) is 0 Å². The van der Waals surface area contributed by atoms with E-state index in [0.29, 0.717) is 0 Å². The first kappa shape index (κ1) is 24.6. The molecular formula is CH2N2Na2O6S3. The zero-order chi connectivity index (χ0) is 10.3. The maximum absolute atomic E-state index is 9.24. The predicted molar refractivity (Wildman–Crippen MR) is 41.6 cm³/mol. The van der Waals surface area contributed by atoms with Crippen molar-refractivity contribution in [2.24, 2.45) is 5.73 Å². The van der Waals surface area contributed by atoms with Crippen molar-refractivity contribution in [3.05, 3.63) is 10.1 Å². The van der Waals surface area contributed by atoms with Crippen molar-refractivity contribution in [2.75, 3.05) is 0 Å². The van der Waals surface area contributed by atoms with Crippen LogP contribution in [0, 0.1) is 10.1 Å². The molecule has 2 unspecified atom stereocenters. The van der Waals surface area contributed by atoms with Gasteiger partial charge in [0.15, 0.2) is 0 Å². The molecule has 0 rings (SSSR count). The van der Waals surface area contributed by atoms with Crippen molar-refractivity contribution >= 4 is 37.6 Å². The number of rotatable bonds is 1. The summed E-state index contributed by atoms with van der Waals surface area (Å²) in [6, 6.07) is 0. The van der Waals surface area contributed by atoms with Crippen LogP contribution in [0.15, 0.2) is 0 Å². The van der Waals surface area contributed by atoms with Gasteiger partial charge in [0.05, 0.1) is 0 Å². The van der Waals surface area contributed by atoms with Crippen molar-refractivity contribution in [3.63, 3.8) is 0 Å². The molecule has 13 heteroatoms. The van der Waals surface area contributed by atoms with Gasteiger partial charge in [-0.3, -0.25) is 14.2 Å². The Morgan fingerprint density at radius 3 is 1.36 bits per heavy atom. The first-order chi connectivity index (χ1) is 5.29. The third-order valence-electron chi connectivity index (χ3n) is 0.291. The maximum Gasteiger partial charge on any atom is 1.00 e. The summed E-state index contributed by atoms with van der Waals surface area (Å²) in [4.78, 5) is 8.41. The van der Waals surface area contributed by atoms with Crippen molar-refractivity contribution < 1.29 is 81.6 Å². The molecule has 0 aliphatic heterocycles. The fourth-order valence-corrected chi connectivity index (χ4v) is 0. The van der Waals surface area contributed by atoms with Gasteiger partial charge in [0.1, 0.15) is 0 Å². The summed E-state index contributed by atoms with van der Waals surface area (Å²) in [5.41, 5.74) is 4.47. The first-order valence-corrected chi connectivity index (χ1v) is 4.99. The van der Waals surface area contributed by atoms with Gasteiger partial charge in [-0.25, -0.2) is 0 Å². The van der Waals surface area contributed by atoms with Crippen LogP contribution in [0.5, 0.6) is 0 Å². The van der Waals surface area contributed by atoms with E-state index in [1.54, 1.807) is 0 Å². The molecule has 2 N–H and O–H groups in total. The minimum Gasteiger partial charge on any atom is -0.763 e. The molecule has 0 heterocycles. The molecule has 0 amide bonds. The maximum atomic E-state index is 9.24. The Labute approximate surface area is 133 Å². The van der Waals surface area contributed by atoms with Crippen molar-refractivity contribution in [3.8, 4) is 0 Å². The number of nitrogens with two attached hydrogens (primary N) is 1. The van der Waals surface area contributed by atoms with Gasteiger partial charge in [0.2, 0.25) is 0 Å². The zero-order valence-electron chi connectivity index (χ0n) is 7.20. The van der Waals surface area contributed by atoms with Gasteiger partial charge in [0.25, 0.3) is 0 Å². The van der Waals surface area contributed by atoms with Gasteiger partial charge in [0, 0.05) is 32.4 Å². The molecule has 0 aromatic heterocycles. The van der Waals surface area contributed by atoms with Crippen molar-refractivity contribution in [1.82, 2.24) is 0 Å². The van der Waals surface area contributed by atoms with E-state index in [9.17, 15) is 10.1 Å². The molecule has 0 radical (unpaired) electrons. The molecule has 0 aliphatic carbocycles. The summed E-state index contributed by atoms with van der Waals surface area (Å²) in [5.74, 6) is 0. The van der Waals surface area contributed by atoms with E-state index in [1.807, 2.05) is 0 Å². The molecule has 8 nitrogen and oxygen atoms in total. The number of nitrogens with zero attached hydrogens (tertiary/aromatic N) is 1. The van der Waals surface area contributed by atoms with Crippen LogP contribution in [-0.2, 0) is 20.2 Å². The Hall–Kier alpha value is 1.51. The third kappa shape index (κ3) is 23.4. The zero-order valence-corrected chi connectivity index (χ0v) is 13.6. The van der Waals surface area contributed by atoms with Crippen LogP contribution >= 0.6 is 12.2 Å². The molecule has 0 spiro atoms. The monoisotopic (exact) mass is 280 g/mol. The molecule has 0 fully saturated rings. The number of hydrogen-bond acceptors (Lipinski definition) is 7. The topological polar surface area (TPSA) is 149 Å². The van der Waals surface area contributed by atoms with Crippen LogP contribution in [0.25, 0.3) is 0 Å². The van der Waals surface area contributed by atoms with Crippen LogP contribution in [0.4, 0.5) is 0 Å². The summed E-state index contributed by atoms with van der Waals surface area (Å²) in [5, 5.41) is 8.55. The van der Waals surface area contributed by atoms with Gasteiger partial charge in [-0.2, -0.15) is 0 Å². The molecule has 72 valence electrons. The molecule has 2 atom stereocenters. The number of hydrogen-bond donors (Lipinski definition) is 1. The van der Waals surface area contributed by atoms with E-state index in [-0.39, 0.29) is 59.1 Å². The summed E-state index contributed by atoms with van der Waals surface area (Å²) in [6.45, 7) is 0. The second-order valence-electron chi connectivity index (χ2n) is 1.00. The fraction of sp³-hybridized carbons (Fsp3) is 0. The van der Waals surface area contributed by atoms with Gasteiger partial charge in [-0.15, -0.1) is 0 Å². The quantitative estimate of drug-likeness (QED) is 0.124. The van der Waals surface area contributed by atoms with E-state index in [0.717, 1.165) is 0 Å². The molecule has 0 aromatic carbocycles. The Morgan fingerprint density at radius 2 is 1.36 bits per heavy atom. The second kappa shape index (κ2) is 14.5. The Morgan fingerprint density at radius 1 is 1.21 bits per heavy atom. The molecule has 0 saturated carbocycles. The van der Waals surface area contributed by atoms with Gasteiger partial charge >= 0.3 is 64.2 Å². The Balaban J connectivity index is -0.0000000625. The van der Waals surface area contributed by atoms with Gasteiger partial charge in [-0.05, 0) is 4.92 Å². The minimum atomic E-state index is -2.95. The van der Waals surface area contributed by atoms with Crippen LogP contribution < -0.4 is 64.8 Å². The molecule has 14 heavy (non-hydrogen) atoms. The minimum absolute atomic E-state index is 0. The van der Waals surface area contributed by atoms with Gasteiger partial charge < -0.3 is 19.2 Å².